The minimum atomic E-state index is -3.95. The van der Waals surface area contributed by atoms with Crippen molar-refractivity contribution in [2.24, 2.45) is 0 Å². The van der Waals surface area contributed by atoms with Crippen LogP contribution in [0.5, 0.6) is 5.75 Å². The number of amides is 1. The standard InChI is InChI=1S/C22H27ClN2O4S/c1-16-12-13-20(29-2)21(14-16)30(27,28)25(17-8-4-3-5-9-17)15-22(26)24-19-11-7-6-10-18(19)23/h6-7,10-14,17H,3-5,8-9,15H2,1-2H3,(H,24,26). The van der Waals surface area contributed by atoms with Crippen LogP contribution in [0.15, 0.2) is 47.4 Å². The molecule has 0 atom stereocenters. The molecular formula is C22H27ClN2O4S. The molecule has 1 fully saturated rings. The normalized spacial score (nSPS) is 15.2. The van der Waals surface area contributed by atoms with Gasteiger partial charge in [0.2, 0.25) is 15.9 Å². The zero-order chi connectivity index (χ0) is 21.7. The van der Waals surface area contributed by atoms with E-state index in [-0.39, 0.29) is 23.2 Å². The van der Waals surface area contributed by atoms with Gasteiger partial charge in [-0.2, -0.15) is 4.31 Å². The highest BCUT2D eigenvalue weighted by Crippen LogP contribution is 2.32. The van der Waals surface area contributed by atoms with Crippen LogP contribution in [-0.4, -0.2) is 38.3 Å². The summed E-state index contributed by atoms with van der Waals surface area (Å²) in [6.07, 6.45) is 4.41. The Kier molecular flexibility index (Phi) is 7.39. The molecule has 162 valence electrons. The average Bonchev–Trinajstić information content (AvgIpc) is 2.74. The molecule has 0 radical (unpaired) electrons. The third-order valence-corrected chi connectivity index (χ3v) is 7.58. The van der Waals surface area contributed by atoms with E-state index in [0.29, 0.717) is 10.7 Å². The van der Waals surface area contributed by atoms with Crippen molar-refractivity contribution in [3.63, 3.8) is 0 Å². The molecule has 0 unspecified atom stereocenters. The quantitative estimate of drug-likeness (QED) is 0.667. The predicted octanol–water partition coefficient (Wildman–Crippen LogP) is 4.62. The van der Waals surface area contributed by atoms with Crippen molar-refractivity contribution < 1.29 is 17.9 Å². The number of benzene rings is 2. The summed E-state index contributed by atoms with van der Waals surface area (Å²) < 4.78 is 34.0. The summed E-state index contributed by atoms with van der Waals surface area (Å²) in [4.78, 5) is 12.9. The second-order valence-corrected chi connectivity index (χ2v) is 9.79. The fraction of sp³-hybridized carbons (Fsp3) is 0.409. The Bertz CT molecular complexity index is 1000. The second-order valence-electron chi connectivity index (χ2n) is 7.52. The first-order valence-electron chi connectivity index (χ1n) is 10.0. The lowest BCUT2D eigenvalue weighted by Crippen LogP contribution is -2.45. The first-order chi connectivity index (χ1) is 14.3. The number of nitrogens with one attached hydrogen (secondary N) is 1. The van der Waals surface area contributed by atoms with Crippen molar-refractivity contribution >= 4 is 33.2 Å². The zero-order valence-corrected chi connectivity index (χ0v) is 18.8. The van der Waals surface area contributed by atoms with Crippen molar-refractivity contribution in [1.29, 1.82) is 0 Å². The third kappa shape index (κ3) is 5.14. The number of nitrogens with zero attached hydrogens (tertiary/aromatic N) is 1. The molecule has 3 rings (SSSR count). The number of anilines is 1. The van der Waals surface area contributed by atoms with E-state index >= 15 is 0 Å². The monoisotopic (exact) mass is 450 g/mol. The molecule has 8 heteroatoms. The fourth-order valence-electron chi connectivity index (χ4n) is 3.79. The van der Waals surface area contributed by atoms with Crippen molar-refractivity contribution in [1.82, 2.24) is 4.31 Å². The highest BCUT2D eigenvalue weighted by atomic mass is 35.5. The van der Waals surface area contributed by atoms with Gasteiger partial charge in [-0.05, 0) is 49.6 Å². The van der Waals surface area contributed by atoms with E-state index in [1.54, 1.807) is 42.5 Å². The van der Waals surface area contributed by atoms with E-state index in [0.717, 1.165) is 37.7 Å². The highest BCUT2D eigenvalue weighted by Gasteiger charge is 2.35. The Hall–Kier alpha value is -2.09. The van der Waals surface area contributed by atoms with Crippen LogP contribution in [-0.2, 0) is 14.8 Å². The molecule has 2 aromatic carbocycles. The van der Waals surface area contributed by atoms with Gasteiger partial charge in [-0.25, -0.2) is 8.42 Å². The van der Waals surface area contributed by atoms with Crippen molar-refractivity contribution in [2.75, 3.05) is 19.0 Å². The van der Waals surface area contributed by atoms with Crippen LogP contribution < -0.4 is 10.1 Å². The van der Waals surface area contributed by atoms with Gasteiger partial charge in [0.05, 0.1) is 24.4 Å². The number of hydrogen-bond donors (Lipinski definition) is 1. The van der Waals surface area contributed by atoms with E-state index < -0.39 is 15.9 Å². The Labute approximate surface area is 183 Å². The molecule has 0 spiro atoms. The van der Waals surface area contributed by atoms with E-state index in [1.165, 1.54) is 11.4 Å². The van der Waals surface area contributed by atoms with Crippen molar-refractivity contribution in [3.8, 4) is 5.75 Å². The maximum absolute atomic E-state index is 13.7. The van der Waals surface area contributed by atoms with Crippen molar-refractivity contribution in [3.05, 3.63) is 53.1 Å². The number of hydrogen-bond acceptors (Lipinski definition) is 4. The number of aryl methyl sites for hydroxylation is 1. The van der Waals surface area contributed by atoms with Gasteiger partial charge >= 0.3 is 0 Å². The Morgan fingerprint density at radius 1 is 1.17 bits per heavy atom. The third-order valence-electron chi connectivity index (χ3n) is 5.34. The number of carbonyl (C=O) groups is 1. The molecular weight excluding hydrogens is 424 g/mol. The van der Waals surface area contributed by atoms with Crippen molar-refractivity contribution in [2.45, 2.75) is 50.0 Å². The van der Waals surface area contributed by atoms with Gasteiger partial charge < -0.3 is 10.1 Å². The van der Waals surface area contributed by atoms with Gasteiger partial charge in [-0.1, -0.05) is 49.1 Å². The summed E-state index contributed by atoms with van der Waals surface area (Å²) in [6, 6.07) is 11.7. The van der Waals surface area contributed by atoms with Gasteiger partial charge in [-0.3, -0.25) is 4.79 Å². The molecule has 0 aliphatic heterocycles. The molecule has 0 aromatic heterocycles. The van der Waals surface area contributed by atoms with Gasteiger partial charge in [0.25, 0.3) is 0 Å². The number of carbonyl (C=O) groups excluding carboxylic acids is 1. The summed E-state index contributed by atoms with van der Waals surface area (Å²) in [5.41, 5.74) is 1.26. The smallest absolute Gasteiger partial charge is 0.247 e. The molecule has 30 heavy (non-hydrogen) atoms. The molecule has 0 saturated heterocycles. The average molecular weight is 451 g/mol. The summed E-state index contributed by atoms with van der Waals surface area (Å²) in [5.74, 6) is -0.156. The first-order valence-corrected chi connectivity index (χ1v) is 11.9. The minimum absolute atomic E-state index is 0.0844. The predicted molar refractivity (Wildman–Crippen MR) is 119 cm³/mol. The maximum atomic E-state index is 13.7. The van der Waals surface area contributed by atoms with Crippen LogP contribution >= 0.6 is 11.6 Å². The van der Waals surface area contributed by atoms with E-state index in [2.05, 4.69) is 5.32 Å². The van der Waals surface area contributed by atoms with Crippen LogP contribution in [0.4, 0.5) is 5.69 Å². The van der Waals surface area contributed by atoms with Crippen LogP contribution in [0.2, 0.25) is 5.02 Å². The lowest BCUT2D eigenvalue weighted by atomic mass is 9.95. The lowest BCUT2D eigenvalue weighted by Gasteiger charge is -2.33. The molecule has 1 saturated carbocycles. The number of para-hydroxylation sites is 1. The van der Waals surface area contributed by atoms with Crippen LogP contribution in [0, 0.1) is 6.92 Å². The largest absolute Gasteiger partial charge is 0.495 e. The Morgan fingerprint density at radius 3 is 2.53 bits per heavy atom. The summed E-state index contributed by atoms with van der Waals surface area (Å²) in [6.45, 7) is 1.54. The molecule has 1 amide bonds. The van der Waals surface area contributed by atoms with Gasteiger partial charge in [-0.15, -0.1) is 0 Å². The summed E-state index contributed by atoms with van der Waals surface area (Å²) in [5, 5.41) is 3.14. The molecule has 1 N–H and O–H groups in total. The number of rotatable bonds is 7. The fourth-order valence-corrected chi connectivity index (χ4v) is 5.85. The van der Waals surface area contributed by atoms with Gasteiger partial charge in [0, 0.05) is 6.04 Å². The number of halogens is 1. The Balaban J connectivity index is 1.93. The van der Waals surface area contributed by atoms with E-state index in [9.17, 15) is 13.2 Å². The Morgan fingerprint density at radius 2 is 1.87 bits per heavy atom. The molecule has 6 nitrogen and oxygen atoms in total. The lowest BCUT2D eigenvalue weighted by molar-refractivity contribution is -0.116. The minimum Gasteiger partial charge on any atom is -0.495 e. The van der Waals surface area contributed by atoms with E-state index in [4.69, 9.17) is 16.3 Å². The molecule has 0 heterocycles. The summed E-state index contributed by atoms with van der Waals surface area (Å²) >= 11 is 6.13. The first kappa shape index (κ1) is 22.6. The SMILES string of the molecule is COc1ccc(C)cc1S(=O)(=O)N(CC(=O)Nc1ccccc1Cl)C1CCCCC1. The van der Waals surface area contributed by atoms with Crippen LogP contribution in [0.1, 0.15) is 37.7 Å². The number of sulfonamides is 1. The highest BCUT2D eigenvalue weighted by molar-refractivity contribution is 7.89. The van der Waals surface area contributed by atoms with Gasteiger partial charge in [0.1, 0.15) is 10.6 Å². The number of ether oxygens (including phenoxy) is 1. The van der Waals surface area contributed by atoms with E-state index in [1.807, 2.05) is 6.92 Å². The maximum Gasteiger partial charge on any atom is 0.247 e. The second kappa shape index (κ2) is 9.81. The summed E-state index contributed by atoms with van der Waals surface area (Å²) in [7, 11) is -2.51. The molecule has 1 aliphatic carbocycles. The zero-order valence-electron chi connectivity index (χ0n) is 17.2. The van der Waals surface area contributed by atoms with Crippen LogP contribution in [0.25, 0.3) is 0 Å². The molecule has 0 bridgehead atoms. The molecule has 1 aliphatic rings. The number of methoxy groups -OCH3 is 1. The topological polar surface area (TPSA) is 75.7 Å². The molecule has 2 aromatic rings. The van der Waals surface area contributed by atoms with Crippen LogP contribution in [0.3, 0.4) is 0 Å². The van der Waals surface area contributed by atoms with Gasteiger partial charge in [0.15, 0.2) is 0 Å².